The van der Waals surface area contributed by atoms with E-state index in [2.05, 4.69) is 26.0 Å². The third kappa shape index (κ3) is 4.82. The highest BCUT2D eigenvalue weighted by molar-refractivity contribution is 9.10. The van der Waals surface area contributed by atoms with Gasteiger partial charge < -0.3 is 10.1 Å². The quantitative estimate of drug-likeness (QED) is 0.744. The molecule has 2 rings (SSSR count). The van der Waals surface area contributed by atoms with Crippen molar-refractivity contribution in [3.63, 3.8) is 0 Å². The number of nitrogens with one attached hydrogen (secondary N) is 1. The fraction of sp³-hybridized carbons (Fsp3) is 0.143. The number of ether oxygens (including phenoxy) is 1. The molecule has 1 N–H and O–H groups in total. The zero-order valence-electron chi connectivity index (χ0n) is 10.5. The van der Waals surface area contributed by atoms with Gasteiger partial charge in [0.15, 0.2) is 5.75 Å². The number of benzene rings is 2. The average Bonchev–Trinajstić information content (AvgIpc) is 2.40. The summed E-state index contributed by atoms with van der Waals surface area (Å²) >= 11 is 9.24. The molecule has 2 aromatic carbocycles. The van der Waals surface area contributed by atoms with Gasteiger partial charge in [0, 0.05) is 11.0 Å². The van der Waals surface area contributed by atoms with E-state index in [9.17, 15) is 13.2 Å². The molecule has 7 heteroatoms. The molecule has 0 aliphatic carbocycles. The van der Waals surface area contributed by atoms with E-state index in [-0.39, 0.29) is 11.4 Å². The molecule has 0 spiro atoms. The summed E-state index contributed by atoms with van der Waals surface area (Å²) in [7, 11) is 0. The molecular formula is C14H10BrClF3NO. The highest BCUT2D eigenvalue weighted by Gasteiger charge is 2.32. The molecule has 2 aromatic rings. The second kappa shape index (κ2) is 6.58. The van der Waals surface area contributed by atoms with Crippen LogP contribution in [0.4, 0.5) is 18.9 Å². The van der Waals surface area contributed by atoms with Crippen LogP contribution in [-0.4, -0.2) is 6.36 Å². The number of hydrogen-bond acceptors (Lipinski definition) is 2. The van der Waals surface area contributed by atoms with E-state index in [1.54, 1.807) is 18.2 Å². The van der Waals surface area contributed by atoms with E-state index in [1.165, 1.54) is 18.2 Å². The fourth-order valence-corrected chi connectivity index (χ4v) is 2.12. The Hall–Kier alpha value is -1.40. The van der Waals surface area contributed by atoms with E-state index < -0.39 is 6.36 Å². The van der Waals surface area contributed by atoms with Crippen molar-refractivity contribution in [2.45, 2.75) is 12.9 Å². The van der Waals surface area contributed by atoms with Crippen molar-refractivity contribution in [1.82, 2.24) is 0 Å². The lowest BCUT2D eigenvalue weighted by Gasteiger charge is -2.14. The van der Waals surface area contributed by atoms with Crippen LogP contribution in [0.5, 0.6) is 5.75 Å². The highest BCUT2D eigenvalue weighted by Crippen LogP contribution is 2.30. The van der Waals surface area contributed by atoms with Gasteiger partial charge in [-0.05, 0) is 45.8 Å². The van der Waals surface area contributed by atoms with Crippen LogP contribution in [0.15, 0.2) is 46.9 Å². The standard InChI is InChI=1S/C14H10BrClF3NO/c15-10-6-5-9(7-11(10)16)8-20-12-3-1-2-4-13(12)21-14(17,18)19/h1-7,20H,8H2. The summed E-state index contributed by atoms with van der Waals surface area (Å²) in [6.07, 6.45) is -4.72. The maximum atomic E-state index is 12.3. The third-order valence-corrected chi connectivity index (χ3v) is 3.81. The minimum absolute atomic E-state index is 0.258. The van der Waals surface area contributed by atoms with Crippen molar-refractivity contribution in [3.05, 3.63) is 57.5 Å². The lowest BCUT2D eigenvalue weighted by atomic mass is 10.2. The highest BCUT2D eigenvalue weighted by atomic mass is 79.9. The van der Waals surface area contributed by atoms with Crippen LogP contribution in [0.3, 0.4) is 0 Å². The summed E-state index contributed by atoms with van der Waals surface area (Å²) in [4.78, 5) is 0. The van der Waals surface area contributed by atoms with Gasteiger partial charge in [-0.2, -0.15) is 0 Å². The smallest absolute Gasteiger partial charge is 0.404 e. The summed E-state index contributed by atoms with van der Waals surface area (Å²) in [5.74, 6) is -0.270. The normalized spacial score (nSPS) is 11.3. The number of halogens is 5. The van der Waals surface area contributed by atoms with Gasteiger partial charge in [-0.25, -0.2) is 0 Å². The van der Waals surface area contributed by atoms with E-state index in [0.29, 0.717) is 11.6 Å². The molecule has 0 heterocycles. The van der Waals surface area contributed by atoms with E-state index in [4.69, 9.17) is 11.6 Å². The monoisotopic (exact) mass is 379 g/mol. The van der Waals surface area contributed by atoms with E-state index in [0.717, 1.165) is 10.0 Å². The Bertz CT molecular complexity index is 634. The Morgan fingerprint density at radius 1 is 1.14 bits per heavy atom. The molecule has 0 aromatic heterocycles. The minimum atomic E-state index is -4.72. The van der Waals surface area contributed by atoms with Crippen molar-refractivity contribution < 1.29 is 17.9 Å². The van der Waals surface area contributed by atoms with Crippen LogP contribution in [0.2, 0.25) is 5.02 Å². The van der Waals surface area contributed by atoms with Gasteiger partial charge in [0.2, 0.25) is 0 Å². The van der Waals surface area contributed by atoms with Gasteiger partial charge in [0.1, 0.15) is 0 Å². The Morgan fingerprint density at radius 3 is 2.52 bits per heavy atom. The van der Waals surface area contributed by atoms with Crippen molar-refractivity contribution in [3.8, 4) is 5.75 Å². The average molecular weight is 381 g/mol. The number of rotatable bonds is 4. The Kier molecular flexibility index (Phi) is 5.00. The van der Waals surface area contributed by atoms with Crippen LogP contribution >= 0.6 is 27.5 Å². The van der Waals surface area contributed by atoms with Crippen molar-refractivity contribution in [2.75, 3.05) is 5.32 Å². The SMILES string of the molecule is FC(F)(F)Oc1ccccc1NCc1ccc(Br)c(Cl)c1. The van der Waals surface area contributed by atoms with E-state index >= 15 is 0 Å². The van der Waals surface area contributed by atoms with E-state index in [1.807, 2.05) is 6.07 Å². The van der Waals surface area contributed by atoms with Crippen molar-refractivity contribution >= 4 is 33.2 Å². The Labute approximate surface area is 133 Å². The first-order chi connectivity index (χ1) is 9.85. The van der Waals surface area contributed by atoms with Gasteiger partial charge >= 0.3 is 6.36 Å². The molecule has 2 nitrogen and oxygen atoms in total. The predicted molar refractivity (Wildman–Crippen MR) is 79.6 cm³/mol. The summed E-state index contributed by atoms with van der Waals surface area (Å²) in [5.41, 5.74) is 1.10. The molecular weight excluding hydrogens is 371 g/mol. The predicted octanol–water partition coefficient (Wildman–Crippen LogP) is 5.61. The van der Waals surface area contributed by atoms with Gasteiger partial charge in [-0.15, -0.1) is 13.2 Å². The number of alkyl halides is 3. The lowest BCUT2D eigenvalue weighted by Crippen LogP contribution is -2.18. The lowest BCUT2D eigenvalue weighted by molar-refractivity contribution is -0.274. The molecule has 0 saturated carbocycles. The van der Waals surface area contributed by atoms with Gasteiger partial charge in [0.05, 0.1) is 10.7 Å². The summed E-state index contributed by atoms with van der Waals surface area (Å²) in [6, 6.07) is 11.2. The zero-order valence-corrected chi connectivity index (χ0v) is 12.9. The molecule has 0 radical (unpaired) electrons. The molecule has 0 fully saturated rings. The first kappa shape index (κ1) is 16.0. The fourth-order valence-electron chi connectivity index (χ4n) is 1.67. The molecule has 0 aliphatic rings. The first-order valence-electron chi connectivity index (χ1n) is 5.88. The number of hydrogen-bond donors (Lipinski definition) is 1. The zero-order chi connectivity index (χ0) is 15.5. The molecule has 0 unspecified atom stereocenters. The van der Waals surface area contributed by atoms with Crippen LogP contribution < -0.4 is 10.1 Å². The second-order valence-electron chi connectivity index (χ2n) is 4.15. The second-order valence-corrected chi connectivity index (χ2v) is 5.41. The summed E-state index contributed by atoms with van der Waals surface area (Å²) in [6.45, 7) is 0.325. The van der Waals surface area contributed by atoms with Crippen LogP contribution in [-0.2, 0) is 6.54 Å². The van der Waals surface area contributed by atoms with Crippen LogP contribution in [0.25, 0.3) is 0 Å². The number of anilines is 1. The van der Waals surface area contributed by atoms with Gasteiger partial charge in [0.25, 0.3) is 0 Å². The molecule has 112 valence electrons. The molecule has 0 bridgehead atoms. The van der Waals surface area contributed by atoms with Gasteiger partial charge in [-0.3, -0.25) is 0 Å². The molecule has 21 heavy (non-hydrogen) atoms. The summed E-state index contributed by atoms with van der Waals surface area (Å²) < 4.78 is 41.7. The molecule has 0 saturated heterocycles. The minimum Gasteiger partial charge on any atom is -0.404 e. The summed E-state index contributed by atoms with van der Waals surface area (Å²) in [5, 5.41) is 3.44. The first-order valence-corrected chi connectivity index (χ1v) is 7.05. The van der Waals surface area contributed by atoms with Crippen molar-refractivity contribution in [2.24, 2.45) is 0 Å². The van der Waals surface area contributed by atoms with Gasteiger partial charge in [-0.1, -0.05) is 29.8 Å². The molecule has 0 aliphatic heterocycles. The Balaban J connectivity index is 2.11. The number of para-hydroxylation sites is 2. The Morgan fingerprint density at radius 2 is 1.86 bits per heavy atom. The third-order valence-electron chi connectivity index (χ3n) is 2.58. The largest absolute Gasteiger partial charge is 0.573 e. The maximum absolute atomic E-state index is 12.3. The molecule has 0 atom stereocenters. The van der Waals surface area contributed by atoms with Crippen LogP contribution in [0, 0.1) is 0 Å². The molecule has 0 amide bonds. The maximum Gasteiger partial charge on any atom is 0.573 e. The van der Waals surface area contributed by atoms with Crippen LogP contribution in [0.1, 0.15) is 5.56 Å². The van der Waals surface area contributed by atoms with Crippen molar-refractivity contribution in [1.29, 1.82) is 0 Å². The topological polar surface area (TPSA) is 21.3 Å².